The van der Waals surface area contributed by atoms with Gasteiger partial charge in [-0.3, -0.25) is 9.78 Å². The SMILES string of the molecule is CC.Cc1c(-c2cccnc2)c2[nH]c3ccc(Cl)cc3c2[nH]c1=O. The van der Waals surface area contributed by atoms with Crippen LogP contribution in [0.15, 0.2) is 47.5 Å². The maximum atomic E-state index is 12.3. The van der Waals surface area contributed by atoms with Crippen molar-refractivity contribution in [3.63, 3.8) is 0 Å². The molecule has 0 saturated heterocycles. The molecule has 0 radical (unpaired) electrons. The number of halogens is 1. The average molecular weight is 340 g/mol. The van der Waals surface area contributed by atoms with Crippen molar-refractivity contribution in [2.24, 2.45) is 0 Å². The first-order valence-corrected chi connectivity index (χ1v) is 8.27. The highest BCUT2D eigenvalue weighted by molar-refractivity contribution is 6.31. The molecular formula is C19H18ClN3O. The predicted molar refractivity (Wildman–Crippen MR) is 101 cm³/mol. The molecule has 0 spiro atoms. The van der Waals surface area contributed by atoms with Crippen LogP contribution in [-0.2, 0) is 0 Å². The smallest absolute Gasteiger partial charge is 0.252 e. The Balaban J connectivity index is 0.000000815. The second kappa shape index (κ2) is 6.49. The van der Waals surface area contributed by atoms with Crippen LogP contribution in [0, 0.1) is 6.92 Å². The summed E-state index contributed by atoms with van der Waals surface area (Å²) in [6.07, 6.45) is 3.48. The van der Waals surface area contributed by atoms with Gasteiger partial charge in [0.25, 0.3) is 5.56 Å². The van der Waals surface area contributed by atoms with Crippen molar-refractivity contribution in [1.82, 2.24) is 15.0 Å². The van der Waals surface area contributed by atoms with E-state index in [1.54, 1.807) is 12.4 Å². The van der Waals surface area contributed by atoms with Gasteiger partial charge in [-0.25, -0.2) is 0 Å². The van der Waals surface area contributed by atoms with Gasteiger partial charge < -0.3 is 9.97 Å². The van der Waals surface area contributed by atoms with Gasteiger partial charge in [0.05, 0.1) is 11.0 Å². The molecule has 4 rings (SSSR count). The quantitative estimate of drug-likeness (QED) is 0.509. The van der Waals surface area contributed by atoms with E-state index in [-0.39, 0.29) is 5.56 Å². The number of fused-ring (bicyclic) bond motifs is 3. The monoisotopic (exact) mass is 339 g/mol. The predicted octanol–water partition coefficient (Wildman–Crippen LogP) is 5.06. The van der Waals surface area contributed by atoms with Crippen LogP contribution in [0.4, 0.5) is 0 Å². The van der Waals surface area contributed by atoms with Crippen molar-refractivity contribution >= 4 is 33.5 Å². The second-order valence-electron chi connectivity index (χ2n) is 5.26. The number of nitrogens with zero attached hydrogens (tertiary/aromatic N) is 1. The van der Waals surface area contributed by atoms with Crippen LogP contribution < -0.4 is 5.56 Å². The highest BCUT2D eigenvalue weighted by Crippen LogP contribution is 2.33. The number of aromatic nitrogens is 3. The van der Waals surface area contributed by atoms with E-state index in [1.807, 2.05) is 51.1 Å². The molecule has 3 heterocycles. The summed E-state index contributed by atoms with van der Waals surface area (Å²) < 4.78 is 0. The number of benzene rings is 1. The van der Waals surface area contributed by atoms with E-state index >= 15 is 0 Å². The lowest BCUT2D eigenvalue weighted by atomic mass is 10.0. The van der Waals surface area contributed by atoms with Gasteiger partial charge in [0.15, 0.2) is 0 Å². The Morgan fingerprint density at radius 2 is 1.88 bits per heavy atom. The molecule has 0 fully saturated rings. The van der Waals surface area contributed by atoms with E-state index in [0.29, 0.717) is 10.6 Å². The van der Waals surface area contributed by atoms with E-state index in [2.05, 4.69) is 15.0 Å². The maximum absolute atomic E-state index is 12.3. The number of aromatic amines is 2. The lowest BCUT2D eigenvalue weighted by Gasteiger charge is -2.06. The third kappa shape index (κ3) is 2.59. The first-order chi connectivity index (χ1) is 11.6. The molecule has 3 aromatic heterocycles. The molecular weight excluding hydrogens is 322 g/mol. The minimum absolute atomic E-state index is 0.104. The van der Waals surface area contributed by atoms with Crippen molar-refractivity contribution in [2.75, 3.05) is 0 Å². The molecule has 4 aromatic rings. The van der Waals surface area contributed by atoms with Crippen molar-refractivity contribution in [2.45, 2.75) is 20.8 Å². The summed E-state index contributed by atoms with van der Waals surface area (Å²) in [7, 11) is 0. The van der Waals surface area contributed by atoms with E-state index in [1.165, 1.54) is 0 Å². The van der Waals surface area contributed by atoms with Crippen LogP contribution >= 0.6 is 11.6 Å². The van der Waals surface area contributed by atoms with Gasteiger partial charge >= 0.3 is 0 Å². The number of nitrogens with one attached hydrogen (secondary N) is 2. The molecule has 5 heteroatoms. The van der Waals surface area contributed by atoms with Gasteiger partial charge in [-0.2, -0.15) is 0 Å². The van der Waals surface area contributed by atoms with Crippen LogP contribution in [0.3, 0.4) is 0 Å². The zero-order chi connectivity index (χ0) is 17.3. The minimum atomic E-state index is -0.104. The fraction of sp³-hybridized carbons (Fsp3) is 0.158. The standard InChI is InChI=1S/C17H12ClN3O.C2H6/c1-9-14(10-3-2-6-19-8-10)16-15(21-17(9)22)12-7-11(18)4-5-13(12)20-16;1-2/h2-8,20H,1H3,(H,21,22);1-2H3. The second-order valence-corrected chi connectivity index (χ2v) is 5.70. The van der Waals surface area contributed by atoms with Gasteiger partial charge in [0.1, 0.15) is 0 Å². The largest absolute Gasteiger partial charge is 0.353 e. The first kappa shape index (κ1) is 16.3. The van der Waals surface area contributed by atoms with Crippen molar-refractivity contribution in [1.29, 1.82) is 0 Å². The summed E-state index contributed by atoms with van der Waals surface area (Å²) in [4.78, 5) is 22.8. The first-order valence-electron chi connectivity index (χ1n) is 7.89. The summed E-state index contributed by atoms with van der Waals surface area (Å²) in [5.41, 5.74) is 4.94. The highest BCUT2D eigenvalue weighted by Gasteiger charge is 2.15. The summed E-state index contributed by atoms with van der Waals surface area (Å²) in [5, 5.41) is 1.54. The van der Waals surface area contributed by atoms with Crippen LogP contribution in [0.2, 0.25) is 5.02 Å². The molecule has 0 aliphatic rings. The molecule has 0 aliphatic heterocycles. The van der Waals surface area contributed by atoms with Gasteiger partial charge in [0, 0.05) is 45.0 Å². The number of hydrogen-bond donors (Lipinski definition) is 2. The summed E-state index contributed by atoms with van der Waals surface area (Å²) >= 11 is 6.09. The maximum Gasteiger partial charge on any atom is 0.252 e. The molecule has 4 nitrogen and oxygen atoms in total. The van der Waals surface area contributed by atoms with E-state index in [4.69, 9.17) is 11.6 Å². The number of hydrogen-bond acceptors (Lipinski definition) is 2. The normalized spacial score (nSPS) is 10.7. The van der Waals surface area contributed by atoms with E-state index < -0.39 is 0 Å². The lowest BCUT2D eigenvalue weighted by Crippen LogP contribution is -2.10. The van der Waals surface area contributed by atoms with E-state index in [9.17, 15) is 4.79 Å². The summed E-state index contributed by atoms with van der Waals surface area (Å²) in [6, 6.07) is 9.41. The molecule has 122 valence electrons. The number of rotatable bonds is 1. The van der Waals surface area contributed by atoms with Gasteiger partial charge in [0.2, 0.25) is 0 Å². The molecule has 24 heavy (non-hydrogen) atoms. The third-order valence-electron chi connectivity index (χ3n) is 3.91. The molecule has 1 aromatic carbocycles. The van der Waals surface area contributed by atoms with Crippen molar-refractivity contribution < 1.29 is 0 Å². The fourth-order valence-corrected chi connectivity index (χ4v) is 3.03. The minimum Gasteiger partial charge on any atom is -0.353 e. The Morgan fingerprint density at radius 1 is 1.08 bits per heavy atom. The number of H-pyrrole nitrogens is 2. The summed E-state index contributed by atoms with van der Waals surface area (Å²) in [6.45, 7) is 5.82. The Labute approximate surface area is 144 Å². The topological polar surface area (TPSA) is 61.5 Å². The zero-order valence-electron chi connectivity index (χ0n) is 13.8. The Bertz CT molecular complexity index is 1060. The van der Waals surface area contributed by atoms with Crippen molar-refractivity contribution in [3.8, 4) is 11.1 Å². The van der Waals surface area contributed by atoms with Gasteiger partial charge in [-0.15, -0.1) is 0 Å². The van der Waals surface area contributed by atoms with Crippen LogP contribution in [0.25, 0.3) is 33.1 Å². The third-order valence-corrected chi connectivity index (χ3v) is 4.15. The molecule has 0 unspecified atom stereocenters. The molecule has 2 N–H and O–H groups in total. The zero-order valence-corrected chi connectivity index (χ0v) is 14.5. The van der Waals surface area contributed by atoms with Crippen LogP contribution in [-0.4, -0.2) is 15.0 Å². The molecule has 0 atom stereocenters. The highest BCUT2D eigenvalue weighted by atomic mass is 35.5. The van der Waals surface area contributed by atoms with Crippen molar-refractivity contribution in [3.05, 3.63) is 63.7 Å². The Morgan fingerprint density at radius 3 is 2.58 bits per heavy atom. The number of pyridine rings is 2. The van der Waals surface area contributed by atoms with Gasteiger partial charge in [-0.05, 0) is 31.2 Å². The van der Waals surface area contributed by atoms with Gasteiger partial charge in [-0.1, -0.05) is 31.5 Å². The summed E-state index contributed by atoms with van der Waals surface area (Å²) in [5.74, 6) is 0. The fourth-order valence-electron chi connectivity index (χ4n) is 2.86. The Hall–Kier alpha value is -2.59. The van der Waals surface area contributed by atoms with Crippen LogP contribution in [0.5, 0.6) is 0 Å². The Kier molecular flexibility index (Phi) is 4.40. The average Bonchev–Trinajstić information content (AvgIpc) is 2.96. The molecule has 0 aliphatic carbocycles. The molecule has 0 bridgehead atoms. The molecule has 0 amide bonds. The van der Waals surface area contributed by atoms with Crippen LogP contribution in [0.1, 0.15) is 19.4 Å². The van der Waals surface area contributed by atoms with E-state index in [0.717, 1.165) is 33.1 Å². The molecule has 0 saturated carbocycles. The lowest BCUT2D eigenvalue weighted by molar-refractivity contribution is 1.23.